The molecule has 0 unspecified atom stereocenters. The normalized spacial score (nSPS) is 30.5. The number of piperidine rings is 1. The van der Waals surface area contributed by atoms with Gasteiger partial charge in [-0.2, -0.15) is 0 Å². The van der Waals surface area contributed by atoms with Gasteiger partial charge >= 0.3 is 0 Å². The molecule has 1 fully saturated rings. The number of rotatable bonds is 2. The van der Waals surface area contributed by atoms with Crippen LogP contribution in [0.4, 0.5) is 8.78 Å². The van der Waals surface area contributed by atoms with E-state index in [1.54, 1.807) is 18.9 Å². The molecule has 1 aliphatic heterocycles. The predicted octanol–water partition coefficient (Wildman–Crippen LogP) is 1.36. The summed E-state index contributed by atoms with van der Waals surface area (Å²) >= 11 is 0. The highest BCUT2D eigenvalue weighted by Crippen LogP contribution is 2.28. The van der Waals surface area contributed by atoms with E-state index in [2.05, 4.69) is 0 Å². The fraction of sp³-hybridized carbons (Fsp3) is 1.00. The number of likely N-dealkylation sites (tertiary alicyclic amines) is 1. The second kappa shape index (κ2) is 3.66. The van der Waals surface area contributed by atoms with Gasteiger partial charge in [0.1, 0.15) is 6.10 Å². The number of alkyl halides is 2. The van der Waals surface area contributed by atoms with Crippen LogP contribution in [-0.2, 0) is 4.74 Å². The number of hydrogen-bond acceptors (Lipinski definition) is 2. The average Bonchev–Trinajstić information content (AvgIpc) is 1.94. The molecule has 12 heavy (non-hydrogen) atoms. The number of nitrogens with zero attached hydrogens (tertiary/aromatic N) is 1. The van der Waals surface area contributed by atoms with E-state index >= 15 is 0 Å². The highest BCUT2D eigenvalue weighted by molar-refractivity contribution is 4.86. The summed E-state index contributed by atoms with van der Waals surface area (Å²) in [6.07, 6.45) is -0.448. The summed E-state index contributed by atoms with van der Waals surface area (Å²) in [6, 6.07) is 0. The fourth-order valence-corrected chi connectivity index (χ4v) is 1.50. The molecule has 1 saturated heterocycles. The molecule has 0 saturated carbocycles. The Labute approximate surface area is 71.5 Å². The zero-order valence-electron chi connectivity index (χ0n) is 7.52. The van der Waals surface area contributed by atoms with Crippen LogP contribution in [0, 0.1) is 0 Å². The van der Waals surface area contributed by atoms with Gasteiger partial charge in [0.05, 0.1) is 6.54 Å². The lowest BCUT2D eigenvalue weighted by Gasteiger charge is -2.35. The Balaban J connectivity index is 2.51. The quantitative estimate of drug-likeness (QED) is 0.634. The van der Waals surface area contributed by atoms with Gasteiger partial charge in [-0.05, 0) is 20.4 Å². The van der Waals surface area contributed by atoms with Crippen molar-refractivity contribution < 1.29 is 13.5 Å². The van der Waals surface area contributed by atoms with Gasteiger partial charge in [0, 0.05) is 13.2 Å². The number of halogens is 2. The number of ether oxygens (including phenoxy) is 1. The van der Waals surface area contributed by atoms with Gasteiger partial charge in [-0.1, -0.05) is 0 Å². The molecule has 72 valence electrons. The Morgan fingerprint density at radius 2 is 2.25 bits per heavy atom. The first kappa shape index (κ1) is 9.86. The Bertz CT molecular complexity index is 152. The molecule has 0 aromatic carbocycles. The SMILES string of the molecule is CCO[C@@H]1CCN(C)CC1(F)F. The van der Waals surface area contributed by atoms with Crippen molar-refractivity contribution in [3.63, 3.8) is 0 Å². The van der Waals surface area contributed by atoms with Gasteiger partial charge in [0.15, 0.2) is 0 Å². The van der Waals surface area contributed by atoms with Crippen LogP contribution in [0.25, 0.3) is 0 Å². The maximum absolute atomic E-state index is 13.1. The van der Waals surface area contributed by atoms with Crippen molar-refractivity contribution in [2.24, 2.45) is 0 Å². The topological polar surface area (TPSA) is 12.5 Å². The van der Waals surface area contributed by atoms with Crippen LogP contribution < -0.4 is 0 Å². The van der Waals surface area contributed by atoms with E-state index in [0.29, 0.717) is 19.6 Å². The van der Waals surface area contributed by atoms with E-state index in [1.807, 2.05) is 0 Å². The van der Waals surface area contributed by atoms with Crippen molar-refractivity contribution in [1.82, 2.24) is 4.90 Å². The molecular formula is C8H15F2NO. The predicted molar refractivity (Wildman–Crippen MR) is 42.5 cm³/mol. The summed E-state index contributed by atoms with van der Waals surface area (Å²) in [7, 11) is 1.70. The van der Waals surface area contributed by atoms with Crippen LogP contribution in [0.5, 0.6) is 0 Å². The molecule has 2 nitrogen and oxygen atoms in total. The molecule has 0 amide bonds. The second-order valence-electron chi connectivity index (χ2n) is 3.23. The molecule has 0 aromatic heterocycles. The molecule has 0 aromatic rings. The van der Waals surface area contributed by atoms with Crippen molar-refractivity contribution in [2.75, 3.05) is 26.7 Å². The van der Waals surface area contributed by atoms with E-state index in [-0.39, 0.29) is 6.54 Å². The molecule has 0 bridgehead atoms. The summed E-state index contributed by atoms with van der Waals surface area (Å²) in [5.41, 5.74) is 0. The summed E-state index contributed by atoms with van der Waals surface area (Å²) in [4.78, 5) is 1.63. The van der Waals surface area contributed by atoms with Crippen LogP contribution >= 0.6 is 0 Å². The minimum atomic E-state index is -2.68. The first-order valence-electron chi connectivity index (χ1n) is 4.24. The van der Waals surface area contributed by atoms with Gasteiger partial charge in [0.25, 0.3) is 5.92 Å². The van der Waals surface area contributed by atoms with Gasteiger partial charge in [0.2, 0.25) is 0 Å². The summed E-state index contributed by atoms with van der Waals surface area (Å²) in [6.45, 7) is 2.62. The monoisotopic (exact) mass is 179 g/mol. The lowest BCUT2D eigenvalue weighted by Crippen LogP contribution is -2.51. The average molecular weight is 179 g/mol. The smallest absolute Gasteiger partial charge is 0.286 e. The Kier molecular flexibility index (Phi) is 3.01. The van der Waals surface area contributed by atoms with Crippen LogP contribution in [0.15, 0.2) is 0 Å². The molecule has 0 N–H and O–H groups in total. The van der Waals surface area contributed by atoms with Gasteiger partial charge in [-0.25, -0.2) is 8.78 Å². The van der Waals surface area contributed by atoms with Crippen molar-refractivity contribution in [1.29, 1.82) is 0 Å². The summed E-state index contributed by atoms with van der Waals surface area (Å²) in [5, 5.41) is 0. The third-order valence-electron chi connectivity index (χ3n) is 2.09. The van der Waals surface area contributed by atoms with E-state index < -0.39 is 12.0 Å². The molecule has 1 heterocycles. The highest BCUT2D eigenvalue weighted by Gasteiger charge is 2.44. The Morgan fingerprint density at radius 1 is 1.58 bits per heavy atom. The van der Waals surface area contributed by atoms with Crippen LogP contribution in [0.3, 0.4) is 0 Å². The van der Waals surface area contributed by atoms with Gasteiger partial charge in [-0.15, -0.1) is 0 Å². The molecule has 1 rings (SSSR count). The van der Waals surface area contributed by atoms with E-state index in [4.69, 9.17) is 4.74 Å². The number of hydrogen-bond donors (Lipinski definition) is 0. The molecule has 1 aliphatic rings. The van der Waals surface area contributed by atoms with Crippen molar-refractivity contribution in [3.8, 4) is 0 Å². The molecule has 0 aliphatic carbocycles. The van der Waals surface area contributed by atoms with Gasteiger partial charge < -0.3 is 9.64 Å². The Morgan fingerprint density at radius 3 is 2.75 bits per heavy atom. The highest BCUT2D eigenvalue weighted by atomic mass is 19.3. The standard InChI is InChI=1S/C8H15F2NO/c1-3-12-7-4-5-11(2)6-8(7,9)10/h7H,3-6H2,1-2H3/t7-/m1/s1. The van der Waals surface area contributed by atoms with E-state index in [0.717, 1.165) is 0 Å². The fourth-order valence-electron chi connectivity index (χ4n) is 1.50. The van der Waals surface area contributed by atoms with Crippen molar-refractivity contribution >= 4 is 0 Å². The zero-order valence-corrected chi connectivity index (χ0v) is 7.52. The minimum Gasteiger partial charge on any atom is -0.372 e. The summed E-state index contributed by atoms with van der Waals surface area (Å²) < 4.78 is 31.2. The molecule has 0 radical (unpaired) electrons. The van der Waals surface area contributed by atoms with Crippen molar-refractivity contribution in [3.05, 3.63) is 0 Å². The molecule has 0 spiro atoms. The van der Waals surface area contributed by atoms with E-state index in [1.165, 1.54) is 0 Å². The van der Waals surface area contributed by atoms with Gasteiger partial charge in [-0.3, -0.25) is 0 Å². The van der Waals surface area contributed by atoms with E-state index in [9.17, 15) is 8.78 Å². The van der Waals surface area contributed by atoms with Crippen LogP contribution in [0.2, 0.25) is 0 Å². The van der Waals surface area contributed by atoms with Crippen LogP contribution in [-0.4, -0.2) is 43.7 Å². The lowest BCUT2D eigenvalue weighted by molar-refractivity contribution is -0.167. The molecule has 1 atom stereocenters. The lowest BCUT2D eigenvalue weighted by atomic mass is 10.0. The first-order chi connectivity index (χ1) is 5.56. The molecular weight excluding hydrogens is 164 g/mol. The minimum absolute atomic E-state index is 0.183. The van der Waals surface area contributed by atoms with Crippen LogP contribution in [0.1, 0.15) is 13.3 Å². The molecule has 4 heteroatoms. The third kappa shape index (κ3) is 2.14. The summed E-state index contributed by atoms with van der Waals surface area (Å²) in [5.74, 6) is -2.68. The Hall–Kier alpha value is -0.220. The maximum Gasteiger partial charge on any atom is 0.286 e. The zero-order chi connectivity index (χ0) is 9.19. The second-order valence-corrected chi connectivity index (χ2v) is 3.23. The largest absolute Gasteiger partial charge is 0.372 e. The third-order valence-corrected chi connectivity index (χ3v) is 2.09. The van der Waals surface area contributed by atoms with Crippen molar-refractivity contribution in [2.45, 2.75) is 25.4 Å². The maximum atomic E-state index is 13.1. The first-order valence-corrected chi connectivity index (χ1v) is 4.24.